The SMILES string of the molecule is C1CCC2C3NC(NC4NC(NC5NC(NC6NC(N3)C3CCCCC63)C3CCCCC53)C3CCCCC43)C2C1.[H-].[Na+]. The first-order valence-corrected chi connectivity index (χ1v) is 17.9. The van der Waals surface area contributed by atoms with Gasteiger partial charge in [-0.1, -0.05) is 51.4 Å². The minimum atomic E-state index is 0. The smallest absolute Gasteiger partial charge is 1.00 e. The van der Waals surface area contributed by atoms with Crippen LogP contribution in [-0.2, 0) is 0 Å². The Morgan fingerprint density at radius 2 is 0.366 bits per heavy atom. The van der Waals surface area contributed by atoms with Gasteiger partial charge in [-0.3, -0.25) is 42.5 Å². The second kappa shape index (κ2) is 12.1. The largest absolute Gasteiger partial charge is 1.00 e. The van der Waals surface area contributed by atoms with E-state index in [4.69, 9.17) is 0 Å². The molecule has 4 saturated carbocycles. The molecular formula is C32H57N8Na. The maximum atomic E-state index is 4.26. The van der Waals surface area contributed by atoms with E-state index in [-0.39, 0.29) is 31.0 Å². The Morgan fingerprint density at radius 1 is 0.244 bits per heavy atom. The van der Waals surface area contributed by atoms with Crippen LogP contribution in [-0.4, -0.2) is 49.3 Å². The fraction of sp³-hybridized carbons (Fsp3) is 1.00. The van der Waals surface area contributed by atoms with Crippen LogP contribution in [0.2, 0.25) is 0 Å². The van der Waals surface area contributed by atoms with Crippen molar-refractivity contribution in [2.75, 3.05) is 0 Å². The van der Waals surface area contributed by atoms with Crippen LogP contribution < -0.4 is 72.1 Å². The number of rotatable bonds is 0. The van der Waals surface area contributed by atoms with E-state index in [0.717, 1.165) is 47.3 Å². The second-order valence-electron chi connectivity index (χ2n) is 15.6. The Kier molecular flexibility index (Phi) is 8.61. The van der Waals surface area contributed by atoms with E-state index in [1.54, 1.807) is 0 Å². The summed E-state index contributed by atoms with van der Waals surface area (Å²) in [5.74, 6) is 5.97. The third kappa shape index (κ3) is 5.15. The van der Waals surface area contributed by atoms with Gasteiger partial charge in [0.05, 0.1) is 49.3 Å². The first-order chi connectivity index (χ1) is 19.8. The molecule has 8 bridgehead atoms. The molecular weight excluding hydrogens is 519 g/mol. The first-order valence-electron chi connectivity index (χ1n) is 17.9. The minimum absolute atomic E-state index is 0. The molecule has 0 aromatic carbocycles. The predicted octanol–water partition coefficient (Wildman–Crippen LogP) is -0.278. The summed E-state index contributed by atoms with van der Waals surface area (Å²) in [4.78, 5) is 0. The van der Waals surface area contributed by atoms with E-state index in [9.17, 15) is 0 Å². The predicted molar refractivity (Wildman–Crippen MR) is 158 cm³/mol. The molecule has 8 atom stereocenters. The van der Waals surface area contributed by atoms with Crippen molar-refractivity contribution in [1.82, 2.24) is 42.5 Å². The Hall–Kier alpha value is 0.680. The normalized spacial score (nSPS) is 56.2. The number of nitrogens with one attached hydrogen (secondary N) is 8. The van der Waals surface area contributed by atoms with Gasteiger partial charge >= 0.3 is 29.6 Å². The monoisotopic (exact) mass is 576 g/mol. The third-order valence-electron chi connectivity index (χ3n) is 13.8. The standard InChI is InChI=1S/C32H56N8.Na.H/c1-2-10-18-17(9-1)25-33-26(18)38-28-21-13-5-6-14-22(21)30(35-28)40-32-24-16-8-7-15-23(24)31(36-32)39-29-20-12-4-3-11-19(20)27(34-29)37-25;;/h17-40H,1-16H2;;/q;+1;-1. The molecule has 41 heavy (non-hydrogen) atoms. The van der Waals surface area contributed by atoms with Gasteiger partial charge in [0, 0.05) is 0 Å². The van der Waals surface area contributed by atoms with Gasteiger partial charge in [-0.2, -0.15) is 0 Å². The molecule has 5 aliphatic heterocycles. The van der Waals surface area contributed by atoms with Crippen LogP contribution in [0.1, 0.15) is 104 Å². The Labute approximate surface area is 271 Å². The van der Waals surface area contributed by atoms with Gasteiger partial charge in [-0.05, 0) is 98.7 Å². The summed E-state index contributed by atoms with van der Waals surface area (Å²) in [7, 11) is 0. The van der Waals surface area contributed by atoms with E-state index < -0.39 is 0 Å². The summed E-state index contributed by atoms with van der Waals surface area (Å²) in [5, 5.41) is 33.8. The van der Waals surface area contributed by atoms with Gasteiger partial charge < -0.3 is 1.43 Å². The van der Waals surface area contributed by atoms with Crippen LogP contribution >= 0.6 is 0 Å². The molecule has 0 aromatic heterocycles. The van der Waals surface area contributed by atoms with Crippen LogP contribution in [0.4, 0.5) is 0 Å². The molecule has 5 saturated heterocycles. The molecule has 0 radical (unpaired) electrons. The van der Waals surface area contributed by atoms with Gasteiger partial charge in [0.15, 0.2) is 0 Å². The second-order valence-corrected chi connectivity index (χ2v) is 15.6. The molecule has 8 nitrogen and oxygen atoms in total. The summed E-state index contributed by atoms with van der Waals surface area (Å²) in [6.07, 6.45) is 25.6. The van der Waals surface area contributed by atoms with E-state index in [1.165, 1.54) is 103 Å². The summed E-state index contributed by atoms with van der Waals surface area (Å²) < 4.78 is 0. The van der Waals surface area contributed by atoms with E-state index in [0.29, 0.717) is 49.3 Å². The summed E-state index contributed by atoms with van der Waals surface area (Å²) in [6, 6.07) is 0. The minimum Gasteiger partial charge on any atom is -1.00 e. The number of hydrogen-bond acceptors (Lipinski definition) is 8. The average Bonchev–Trinajstić information content (AvgIpc) is 3.73. The Morgan fingerprint density at radius 3 is 0.488 bits per heavy atom. The summed E-state index contributed by atoms with van der Waals surface area (Å²) >= 11 is 0. The first kappa shape index (κ1) is 29.1. The maximum Gasteiger partial charge on any atom is 1.00 e. The molecule has 0 aromatic rings. The molecule has 5 heterocycles. The quantitative estimate of drug-likeness (QED) is 0.187. The van der Waals surface area contributed by atoms with Crippen molar-refractivity contribution in [3.63, 3.8) is 0 Å². The van der Waals surface area contributed by atoms with E-state index in [2.05, 4.69) is 42.5 Å². The molecule has 0 amide bonds. The van der Waals surface area contributed by atoms with Crippen LogP contribution in [0.5, 0.6) is 0 Å². The van der Waals surface area contributed by atoms with E-state index in [1.807, 2.05) is 0 Å². The summed E-state index contributed by atoms with van der Waals surface area (Å²) in [5.41, 5.74) is 0. The van der Waals surface area contributed by atoms with Crippen LogP contribution in [0, 0.1) is 47.3 Å². The molecule has 9 fully saturated rings. The average molecular weight is 577 g/mol. The zero-order valence-electron chi connectivity index (χ0n) is 26.6. The Balaban J connectivity index is 0.00000144. The number of fused-ring (bicyclic) bond motifs is 20. The zero-order valence-corrected chi connectivity index (χ0v) is 27.6. The maximum absolute atomic E-state index is 4.26. The van der Waals surface area contributed by atoms with Crippen molar-refractivity contribution in [3.8, 4) is 0 Å². The molecule has 0 spiro atoms. The van der Waals surface area contributed by atoms with Gasteiger partial charge in [-0.25, -0.2) is 0 Å². The third-order valence-corrected chi connectivity index (χ3v) is 13.8. The molecule has 9 rings (SSSR count). The number of hydrogen-bond donors (Lipinski definition) is 8. The van der Waals surface area contributed by atoms with Crippen molar-refractivity contribution in [3.05, 3.63) is 0 Å². The van der Waals surface area contributed by atoms with Crippen LogP contribution in [0.25, 0.3) is 0 Å². The van der Waals surface area contributed by atoms with Gasteiger partial charge in [0.25, 0.3) is 0 Å². The molecule has 226 valence electrons. The molecule has 8 N–H and O–H groups in total. The van der Waals surface area contributed by atoms with Gasteiger partial charge in [-0.15, -0.1) is 0 Å². The van der Waals surface area contributed by atoms with Crippen molar-refractivity contribution >= 4 is 0 Å². The molecule has 9 aliphatic rings. The molecule has 8 unspecified atom stereocenters. The Bertz CT molecular complexity index is 723. The van der Waals surface area contributed by atoms with Gasteiger partial charge in [0.2, 0.25) is 0 Å². The van der Waals surface area contributed by atoms with Crippen molar-refractivity contribution in [2.45, 2.75) is 152 Å². The zero-order chi connectivity index (χ0) is 26.2. The molecule has 9 heteroatoms. The van der Waals surface area contributed by atoms with Crippen LogP contribution in [0.3, 0.4) is 0 Å². The fourth-order valence-electron chi connectivity index (χ4n) is 12.0. The molecule has 4 aliphatic carbocycles. The van der Waals surface area contributed by atoms with Crippen molar-refractivity contribution in [1.29, 1.82) is 0 Å². The van der Waals surface area contributed by atoms with E-state index >= 15 is 0 Å². The van der Waals surface area contributed by atoms with Crippen molar-refractivity contribution < 1.29 is 31.0 Å². The fourth-order valence-corrected chi connectivity index (χ4v) is 12.0. The topological polar surface area (TPSA) is 96.2 Å². The van der Waals surface area contributed by atoms with Gasteiger partial charge in [0.1, 0.15) is 0 Å². The summed E-state index contributed by atoms with van der Waals surface area (Å²) in [6.45, 7) is 0. The van der Waals surface area contributed by atoms with Crippen LogP contribution in [0.15, 0.2) is 0 Å². The van der Waals surface area contributed by atoms with Crippen molar-refractivity contribution in [2.24, 2.45) is 47.3 Å².